The number of carbonyl (C=O) groups is 2. The van der Waals surface area contributed by atoms with E-state index in [0.717, 1.165) is 23.7 Å². The first kappa shape index (κ1) is 27.8. The minimum Gasteiger partial charge on any atom is -0.457 e. The van der Waals surface area contributed by atoms with E-state index < -0.39 is 30.2 Å². The van der Waals surface area contributed by atoms with Crippen LogP contribution in [0.25, 0.3) is 0 Å². The Morgan fingerprint density at radius 2 is 1.82 bits per heavy atom. The summed E-state index contributed by atoms with van der Waals surface area (Å²) < 4.78 is 33.0. The van der Waals surface area contributed by atoms with Gasteiger partial charge in [0.25, 0.3) is 11.8 Å². The summed E-state index contributed by atoms with van der Waals surface area (Å²) in [6.07, 6.45) is 0.485. The van der Waals surface area contributed by atoms with Crippen LogP contribution >= 0.6 is 11.8 Å². The minimum absolute atomic E-state index is 0. The Labute approximate surface area is 226 Å². The first-order chi connectivity index (χ1) is 17.8. The molecule has 2 fully saturated rings. The maximum atomic E-state index is 13.4. The molecule has 204 valence electrons. The van der Waals surface area contributed by atoms with Crippen LogP contribution in [0.1, 0.15) is 69.4 Å². The normalized spacial score (nSPS) is 17.7. The van der Waals surface area contributed by atoms with Gasteiger partial charge in [-0.25, -0.2) is 8.78 Å². The number of likely N-dealkylation sites (tertiary alicyclic amines) is 1. The lowest BCUT2D eigenvalue weighted by molar-refractivity contribution is -0.128. The third-order valence-corrected chi connectivity index (χ3v) is 7.79. The highest BCUT2D eigenvalue weighted by Gasteiger charge is 2.54. The summed E-state index contributed by atoms with van der Waals surface area (Å²) in [6, 6.07) is 11.8. The number of ether oxygens (including phenoxy) is 1. The molecule has 0 bridgehead atoms. The molecule has 1 saturated carbocycles. The van der Waals surface area contributed by atoms with Crippen LogP contribution in [0.2, 0.25) is 0 Å². The standard InChI is InChI=1S/C28H32F2N4O3S.H2/c1-17(2)24(31)38-25(32)18-8-10-21(11-9-18)37-22-13-19(26(36)33-27(3)15-28(29,30)16-27)6-7-20(22)14-34-12-4-5-23(34)35;/h6-11,13,17,31-32H,4-5,12,14-16H2,1-3H3,(H,33,36);1H. The Balaban J connectivity index is 0.00000420. The van der Waals surface area contributed by atoms with Crippen molar-refractivity contribution in [2.75, 3.05) is 6.54 Å². The van der Waals surface area contributed by atoms with Crippen molar-refractivity contribution in [1.29, 1.82) is 10.8 Å². The Morgan fingerprint density at radius 3 is 2.39 bits per heavy atom. The number of thioether (sulfide) groups is 1. The molecule has 2 aromatic rings. The number of halogens is 2. The zero-order valence-electron chi connectivity index (χ0n) is 21.7. The number of benzene rings is 2. The van der Waals surface area contributed by atoms with E-state index in [0.29, 0.717) is 41.6 Å². The smallest absolute Gasteiger partial charge is 0.252 e. The molecule has 1 aliphatic heterocycles. The van der Waals surface area contributed by atoms with E-state index >= 15 is 0 Å². The largest absolute Gasteiger partial charge is 0.457 e. The van der Waals surface area contributed by atoms with E-state index in [9.17, 15) is 18.4 Å². The van der Waals surface area contributed by atoms with Gasteiger partial charge in [0.1, 0.15) is 16.5 Å². The topological polar surface area (TPSA) is 106 Å². The van der Waals surface area contributed by atoms with Gasteiger partial charge in [0.15, 0.2) is 0 Å². The van der Waals surface area contributed by atoms with Crippen molar-refractivity contribution in [3.05, 3.63) is 59.2 Å². The average molecular weight is 545 g/mol. The predicted molar refractivity (Wildman–Crippen MR) is 147 cm³/mol. The van der Waals surface area contributed by atoms with Gasteiger partial charge < -0.3 is 15.0 Å². The van der Waals surface area contributed by atoms with Crippen LogP contribution in [0, 0.1) is 16.7 Å². The Kier molecular flexibility index (Phi) is 7.92. The van der Waals surface area contributed by atoms with E-state index in [1.807, 2.05) is 13.8 Å². The van der Waals surface area contributed by atoms with E-state index in [-0.39, 0.29) is 23.9 Å². The van der Waals surface area contributed by atoms with E-state index in [4.69, 9.17) is 15.6 Å². The highest BCUT2D eigenvalue weighted by Crippen LogP contribution is 2.45. The molecule has 0 aromatic heterocycles. The van der Waals surface area contributed by atoms with Gasteiger partial charge in [-0.2, -0.15) is 0 Å². The molecule has 2 aliphatic rings. The van der Waals surface area contributed by atoms with E-state index in [2.05, 4.69) is 5.32 Å². The molecule has 0 unspecified atom stereocenters. The van der Waals surface area contributed by atoms with Crippen LogP contribution in [0.5, 0.6) is 11.5 Å². The second-order valence-corrected chi connectivity index (χ2v) is 11.6. The van der Waals surface area contributed by atoms with Crippen molar-refractivity contribution >= 4 is 33.7 Å². The van der Waals surface area contributed by atoms with Crippen LogP contribution in [-0.2, 0) is 11.3 Å². The van der Waals surface area contributed by atoms with E-state index in [1.54, 1.807) is 54.3 Å². The van der Waals surface area contributed by atoms with Crippen molar-refractivity contribution in [2.45, 2.75) is 64.5 Å². The number of nitrogens with one attached hydrogen (secondary N) is 3. The number of rotatable bonds is 8. The molecule has 0 radical (unpaired) electrons. The Hall–Kier alpha value is -3.27. The highest BCUT2D eigenvalue weighted by atomic mass is 32.2. The van der Waals surface area contributed by atoms with Gasteiger partial charge in [-0.3, -0.25) is 20.4 Å². The summed E-state index contributed by atoms with van der Waals surface area (Å²) in [5.41, 5.74) is 0.673. The fraction of sp³-hybridized carbons (Fsp3) is 0.429. The van der Waals surface area contributed by atoms with Crippen molar-refractivity contribution in [3.8, 4) is 11.5 Å². The first-order valence-corrected chi connectivity index (χ1v) is 13.4. The van der Waals surface area contributed by atoms with Crippen molar-refractivity contribution in [2.24, 2.45) is 5.92 Å². The second-order valence-electron chi connectivity index (χ2n) is 10.5. The minimum atomic E-state index is -2.77. The zero-order valence-corrected chi connectivity index (χ0v) is 22.5. The fourth-order valence-corrected chi connectivity index (χ4v) is 5.32. The molecular formula is C28H34F2N4O3S. The van der Waals surface area contributed by atoms with E-state index in [1.165, 1.54) is 0 Å². The molecule has 2 amide bonds. The molecular weight excluding hydrogens is 510 g/mol. The summed E-state index contributed by atoms with van der Waals surface area (Å²) in [5, 5.41) is 19.6. The molecule has 2 aromatic carbocycles. The van der Waals surface area contributed by atoms with Gasteiger partial charge >= 0.3 is 0 Å². The lowest BCUT2D eigenvalue weighted by Gasteiger charge is -2.45. The monoisotopic (exact) mass is 544 g/mol. The quantitative estimate of drug-likeness (QED) is 0.262. The average Bonchev–Trinajstić information content (AvgIpc) is 3.23. The van der Waals surface area contributed by atoms with Gasteiger partial charge in [-0.05, 0) is 49.7 Å². The Morgan fingerprint density at radius 1 is 1.16 bits per heavy atom. The summed E-state index contributed by atoms with van der Waals surface area (Å²) in [4.78, 5) is 26.9. The molecule has 0 atom stereocenters. The van der Waals surface area contributed by atoms with Gasteiger partial charge in [0.2, 0.25) is 5.91 Å². The first-order valence-electron chi connectivity index (χ1n) is 12.6. The summed E-state index contributed by atoms with van der Waals surface area (Å²) in [6.45, 7) is 6.39. The molecule has 7 nitrogen and oxygen atoms in total. The molecule has 0 spiro atoms. The number of hydrogen-bond donors (Lipinski definition) is 3. The maximum Gasteiger partial charge on any atom is 0.252 e. The van der Waals surface area contributed by atoms with Gasteiger partial charge in [-0.1, -0.05) is 31.7 Å². The summed E-state index contributed by atoms with van der Waals surface area (Å²) >= 11 is 1.10. The third kappa shape index (κ3) is 6.59. The number of hydrogen-bond acceptors (Lipinski definition) is 6. The molecule has 3 N–H and O–H groups in total. The summed E-state index contributed by atoms with van der Waals surface area (Å²) in [5.74, 6) is -2.27. The summed E-state index contributed by atoms with van der Waals surface area (Å²) in [7, 11) is 0. The number of alkyl halides is 2. The van der Waals surface area contributed by atoms with Gasteiger partial charge in [-0.15, -0.1) is 0 Å². The van der Waals surface area contributed by atoms with Crippen molar-refractivity contribution in [3.63, 3.8) is 0 Å². The van der Waals surface area contributed by atoms with Crippen molar-refractivity contribution < 1.29 is 24.5 Å². The van der Waals surface area contributed by atoms with Crippen LogP contribution in [0.3, 0.4) is 0 Å². The zero-order chi connectivity index (χ0) is 27.7. The van der Waals surface area contributed by atoms with Crippen LogP contribution in [-0.4, -0.2) is 44.8 Å². The molecule has 4 rings (SSSR count). The molecule has 1 saturated heterocycles. The van der Waals surface area contributed by atoms with Crippen LogP contribution in [0.15, 0.2) is 42.5 Å². The van der Waals surface area contributed by atoms with Crippen LogP contribution in [0.4, 0.5) is 8.78 Å². The van der Waals surface area contributed by atoms with Gasteiger partial charge in [0.05, 0.1) is 5.04 Å². The van der Waals surface area contributed by atoms with Crippen LogP contribution < -0.4 is 10.1 Å². The lowest BCUT2D eigenvalue weighted by Crippen LogP contribution is -2.60. The molecule has 10 heteroatoms. The number of amides is 2. The lowest BCUT2D eigenvalue weighted by atomic mass is 9.75. The second kappa shape index (κ2) is 10.8. The highest BCUT2D eigenvalue weighted by molar-refractivity contribution is 8.26. The maximum absolute atomic E-state index is 13.4. The van der Waals surface area contributed by atoms with Crippen molar-refractivity contribution in [1.82, 2.24) is 10.2 Å². The third-order valence-electron chi connectivity index (χ3n) is 6.66. The fourth-order valence-electron chi connectivity index (χ4n) is 4.61. The number of carbonyl (C=O) groups excluding carboxylic acids is 2. The van der Waals surface area contributed by atoms with Gasteiger partial charge in [0, 0.05) is 61.9 Å². The molecule has 38 heavy (non-hydrogen) atoms. The molecule has 1 heterocycles. The SMILES string of the molecule is CC(C)C(=N)SC(=N)c1ccc(Oc2cc(C(=O)NC3(C)CC(F)(F)C3)ccc2CN2CCCC2=O)cc1.[HH]. The molecule has 1 aliphatic carbocycles. The Bertz CT molecular complexity index is 1260. The number of nitrogens with zero attached hydrogens (tertiary/aromatic N) is 1. The predicted octanol–water partition coefficient (Wildman–Crippen LogP) is 6.46.